The lowest BCUT2D eigenvalue weighted by Gasteiger charge is -2.29. The first-order chi connectivity index (χ1) is 28.3. The van der Waals surface area contributed by atoms with Crippen LogP contribution in [0.5, 0.6) is 0 Å². The van der Waals surface area contributed by atoms with E-state index in [1.165, 1.54) is 148 Å². The summed E-state index contributed by atoms with van der Waals surface area (Å²) in [7, 11) is -2.27. The number of esters is 1. The summed E-state index contributed by atoms with van der Waals surface area (Å²) >= 11 is 0. The molecule has 0 heterocycles. The molecule has 348 valence electrons. The van der Waals surface area contributed by atoms with Crippen molar-refractivity contribution in [2.24, 2.45) is 5.92 Å². The first kappa shape index (κ1) is 57.5. The van der Waals surface area contributed by atoms with E-state index >= 15 is 0 Å². The number of aliphatic hydroxyl groups excluding tert-OH is 1. The van der Waals surface area contributed by atoms with Gasteiger partial charge in [0.1, 0.15) is 6.29 Å². The Morgan fingerprint density at radius 3 is 1.41 bits per heavy atom. The van der Waals surface area contributed by atoms with Crippen molar-refractivity contribution in [2.45, 2.75) is 265 Å². The molecule has 0 aromatic carbocycles. The van der Waals surface area contributed by atoms with Gasteiger partial charge in [-0.2, -0.15) is 0 Å². The van der Waals surface area contributed by atoms with E-state index < -0.39 is 8.56 Å². The minimum Gasteiger partial charge on any atom is -0.465 e. The first-order valence-corrected chi connectivity index (χ1v) is 28.6. The van der Waals surface area contributed by atoms with Crippen LogP contribution in [0.4, 0.5) is 0 Å². The van der Waals surface area contributed by atoms with Gasteiger partial charge < -0.3 is 28.3 Å². The fourth-order valence-electron chi connectivity index (χ4n) is 7.88. The minimum atomic E-state index is -2.27. The molecule has 0 saturated heterocycles. The number of nitrogens with zero attached hydrogens (tertiary/aromatic N) is 1. The number of hydrogen-bond acceptors (Lipinski definition) is 7. The Balaban J connectivity index is 4.45. The van der Waals surface area contributed by atoms with Gasteiger partial charge in [0.15, 0.2) is 0 Å². The Kier molecular flexibility index (Phi) is 44.1. The maximum absolute atomic E-state index is 13.0. The maximum Gasteiger partial charge on any atom is 0.333 e. The molecule has 0 radical (unpaired) electrons. The first-order valence-electron chi connectivity index (χ1n) is 25.8. The summed E-state index contributed by atoms with van der Waals surface area (Å²) in [5, 5.41) is 9.37. The molecule has 8 heteroatoms. The van der Waals surface area contributed by atoms with Crippen molar-refractivity contribution >= 4 is 14.5 Å². The molecule has 0 aliphatic rings. The van der Waals surface area contributed by atoms with Crippen LogP contribution in [0, 0.1) is 5.92 Å². The van der Waals surface area contributed by atoms with Gasteiger partial charge >= 0.3 is 14.5 Å². The molecule has 0 aromatic rings. The third-order valence-corrected chi connectivity index (χ3v) is 13.4. The molecule has 0 aliphatic heterocycles. The zero-order valence-electron chi connectivity index (χ0n) is 40.1. The Bertz CT molecular complexity index is 832. The van der Waals surface area contributed by atoms with Crippen molar-refractivity contribution in [1.29, 1.82) is 0 Å². The second-order valence-corrected chi connectivity index (χ2v) is 21.3. The molecule has 0 bridgehead atoms. The predicted octanol–water partition coefficient (Wildman–Crippen LogP) is 14.9. The van der Waals surface area contributed by atoms with Crippen molar-refractivity contribution in [3.8, 4) is 0 Å². The van der Waals surface area contributed by atoms with Crippen LogP contribution >= 0.6 is 0 Å². The number of carbonyl (C=O) groups excluding carboxylic acids is 1. The Labute approximate surface area is 363 Å². The van der Waals surface area contributed by atoms with Gasteiger partial charge in [0.05, 0.1) is 12.5 Å². The Hall–Kier alpha value is -0.513. The van der Waals surface area contributed by atoms with E-state index in [1.807, 2.05) is 0 Å². The standard InChI is InChI=1S/C50H103NO6Si/c1-7-11-15-19-21-23-30-40-49(54-45-35-18-14-10-4)57-58(5,6)56-47-37-27-25-32-42-51(43-33-34-44-52)41-31-24-26-36-46-55-50(53)48(38-28-17-13-9-3)39-29-22-20-16-12-8-2/h48-49,52H,7-47H2,1-6H3. The quantitative estimate of drug-likeness (QED) is 0.0283. The van der Waals surface area contributed by atoms with Crippen LogP contribution < -0.4 is 0 Å². The predicted molar refractivity (Wildman–Crippen MR) is 252 cm³/mol. The van der Waals surface area contributed by atoms with Crippen LogP contribution in [0.2, 0.25) is 13.1 Å². The monoisotopic (exact) mass is 842 g/mol. The second-order valence-electron chi connectivity index (χ2n) is 18.0. The average Bonchev–Trinajstić information content (AvgIpc) is 3.21. The molecule has 0 spiro atoms. The lowest BCUT2D eigenvalue weighted by Crippen LogP contribution is -2.40. The van der Waals surface area contributed by atoms with Gasteiger partial charge in [-0.15, -0.1) is 0 Å². The van der Waals surface area contributed by atoms with Gasteiger partial charge in [0.25, 0.3) is 0 Å². The van der Waals surface area contributed by atoms with E-state index in [2.05, 4.69) is 45.7 Å². The van der Waals surface area contributed by atoms with Gasteiger partial charge in [-0.1, -0.05) is 175 Å². The summed E-state index contributed by atoms with van der Waals surface area (Å²) < 4.78 is 25.1. The highest BCUT2D eigenvalue weighted by molar-refractivity contribution is 6.64. The molecule has 0 amide bonds. The van der Waals surface area contributed by atoms with Gasteiger partial charge in [-0.05, 0) is 103 Å². The zero-order valence-corrected chi connectivity index (χ0v) is 41.1. The Morgan fingerprint density at radius 2 is 0.879 bits per heavy atom. The van der Waals surface area contributed by atoms with E-state index in [4.69, 9.17) is 18.3 Å². The molecular weight excluding hydrogens is 739 g/mol. The summed E-state index contributed by atoms with van der Waals surface area (Å²) in [6.45, 7) is 19.1. The van der Waals surface area contributed by atoms with E-state index in [0.717, 1.165) is 103 Å². The molecule has 58 heavy (non-hydrogen) atoms. The van der Waals surface area contributed by atoms with Gasteiger partial charge in [0.2, 0.25) is 0 Å². The highest BCUT2D eigenvalue weighted by Gasteiger charge is 2.29. The van der Waals surface area contributed by atoms with Crippen LogP contribution in [-0.4, -0.2) is 76.9 Å². The van der Waals surface area contributed by atoms with Crippen LogP contribution in [0.3, 0.4) is 0 Å². The van der Waals surface area contributed by atoms with Crippen molar-refractivity contribution in [1.82, 2.24) is 4.90 Å². The summed E-state index contributed by atoms with van der Waals surface area (Å²) in [6.07, 6.45) is 40.4. The van der Waals surface area contributed by atoms with E-state index in [-0.39, 0.29) is 24.8 Å². The number of hydrogen-bond donors (Lipinski definition) is 1. The normalized spacial score (nSPS) is 13.1. The third kappa shape index (κ3) is 39.6. The molecule has 1 N–H and O–H groups in total. The number of ether oxygens (including phenoxy) is 2. The van der Waals surface area contributed by atoms with Gasteiger partial charge in [-0.3, -0.25) is 4.79 Å². The summed E-state index contributed by atoms with van der Waals surface area (Å²) in [5.41, 5.74) is 0. The van der Waals surface area contributed by atoms with Gasteiger partial charge in [0, 0.05) is 19.8 Å². The Morgan fingerprint density at radius 1 is 0.483 bits per heavy atom. The summed E-state index contributed by atoms with van der Waals surface area (Å²) in [4.78, 5) is 15.6. The zero-order chi connectivity index (χ0) is 42.6. The maximum atomic E-state index is 13.0. The number of carbonyl (C=O) groups is 1. The summed E-state index contributed by atoms with van der Waals surface area (Å²) in [5.74, 6) is 0.157. The SMILES string of the molecule is CCCCCCCCCC(OCCCCCC)O[Si](C)(C)OCCCCCCN(CCCCO)CCCCCCOC(=O)C(CCCCCC)CCCCCCCC. The number of rotatable bonds is 48. The highest BCUT2D eigenvalue weighted by atomic mass is 28.4. The van der Waals surface area contributed by atoms with Crippen molar-refractivity contribution in [3.63, 3.8) is 0 Å². The molecule has 0 aliphatic carbocycles. The fraction of sp³-hybridized carbons (Fsp3) is 0.980. The summed E-state index contributed by atoms with van der Waals surface area (Å²) in [6, 6.07) is 0. The van der Waals surface area contributed by atoms with Crippen LogP contribution in [0.1, 0.15) is 246 Å². The molecular formula is C50H103NO6Si. The molecule has 7 nitrogen and oxygen atoms in total. The van der Waals surface area contributed by atoms with Crippen molar-refractivity contribution in [3.05, 3.63) is 0 Å². The number of aliphatic hydroxyl groups is 1. The van der Waals surface area contributed by atoms with Gasteiger partial charge in [-0.25, -0.2) is 0 Å². The van der Waals surface area contributed by atoms with Crippen LogP contribution in [0.25, 0.3) is 0 Å². The van der Waals surface area contributed by atoms with Crippen LogP contribution in [0.15, 0.2) is 0 Å². The lowest BCUT2D eigenvalue weighted by atomic mass is 9.94. The van der Waals surface area contributed by atoms with E-state index in [0.29, 0.717) is 6.61 Å². The lowest BCUT2D eigenvalue weighted by molar-refractivity contribution is -0.149. The van der Waals surface area contributed by atoms with Crippen molar-refractivity contribution < 1.29 is 28.2 Å². The van der Waals surface area contributed by atoms with Crippen molar-refractivity contribution in [2.75, 3.05) is 46.1 Å². The topological polar surface area (TPSA) is 77.5 Å². The third-order valence-electron chi connectivity index (χ3n) is 11.7. The van der Waals surface area contributed by atoms with Crippen LogP contribution in [-0.2, 0) is 23.1 Å². The molecule has 0 fully saturated rings. The fourth-order valence-corrected chi connectivity index (χ4v) is 9.40. The largest absolute Gasteiger partial charge is 0.465 e. The van der Waals surface area contributed by atoms with E-state index in [1.54, 1.807) is 0 Å². The smallest absolute Gasteiger partial charge is 0.333 e. The number of unbranched alkanes of at least 4 members (excludes halogenated alkanes) is 24. The molecule has 2 unspecified atom stereocenters. The second kappa shape index (κ2) is 44.5. The van der Waals surface area contributed by atoms with E-state index in [9.17, 15) is 9.90 Å². The molecule has 0 rings (SSSR count). The molecule has 2 atom stereocenters. The molecule has 0 aromatic heterocycles. The minimum absolute atomic E-state index is 0.0617. The molecule has 0 saturated carbocycles. The highest BCUT2D eigenvalue weighted by Crippen LogP contribution is 2.22. The average molecular weight is 842 g/mol.